The van der Waals surface area contributed by atoms with Crippen molar-refractivity contribution in [1.82, 2.24) is 0 Å². The van der Waals surface area contributed by atoms with E-state index in [0.29, 0.717) is 28.4 Å². The van der Waals surface area contributed by atoms with Gasteiger partial charge in [0.25, 0.3) is 0 Å². The topological polar surface area (TPSA) is 61.1 Å². The Morgan fingerprint density at radius 2 is 1.74 bits per heavy atom. The molecule has 102 valence electrons. The van der Waals surface area contributed by atoms with Crippen LogP contribution in [0, 0.1) is 0 Å². The lowest BCUT2D eigenvalue weighted by atomic mass is 10.0. The second-order valence-electron chi connectivity index (χ2n) is 3.88. The number of methoxy groups -OCH3 is 3. The first-order valence-corrected chi connectivity index (χ1v) is 5.72. The Labute approximate surface area is 111 Å². The van der Waals surface area contributed by atoms with Crippen LogP contribution in [0.3, 0.4) is 0 Å². The van der Waals surface area contributed by atoms with Gasteiger partial charge in [-0.3, -0.25) is 0 Å². The van der Waals surface area contributed by atoms with E-state index in [-0.39, 0.29) is 0 Å². The number of rotatable bonds is 5. The predicted molar refractivity (Wildman–Crippen MR) is 68.9 cm³/mol. The summed E-state index contributed by atoms with van der Waals surface area (Å²) in [6.07, 6.45) is 2.14. The molecule has 0 saturated carbocycles. The van der Waals surface area contributed by atoms with Gasteiger partial charge in [-0.15, -0.1) is 0 Å². The molecule has 0 radical (unpaired) electrons. The Hall–Kier alpha value is -2.14. The van der Waals surface area contributed by atoms with E-state index in [1.54, 1.807) is 25.3 Å². The minimum atomic E-state index is -0.853. The van der Waals surface area contributed by atoms with E-state index in [4.69, 9.17) is 18.6 Å². The molecule has 1 aromatic heterocycles. The Balaban J connectivity index is 2.51. The van der Waals surface area contributed by atoms with Crippen LogP contribution >= 0.6 is 0 Å². The van der Waals surface area contributed by atoms with Gasteiger partial charge >= 0.3 is 0 Å². The fourth-order valence-corrected chi connectivity index (χ4v) is 1.95. The third-order valence-corrected chi connectivity index (χ3v) is 2.89. The Bertz CT molecular complexity index is 533. The molecular weight excluding hydrogens is 248 g/mol. The van der Waals surface area contributed by atoms with Crippen molar-refractivity contribution in [1.29, 1.82) is 0 Å². The van der Waals surface area contributed by atoms with Crippen LogP contribution in [0.4, 0.5) is 0 Å². The summed E-state index contributed by atoms with van der Waals surface area (Å²) >= 11 is 0. The number of ether oxygens (including phenoxy) is 3. The number of hydrogen-bond acceptors (Lipinski definition) is 5. The van der Waals surface area contributed by atoms with Crippen LogP contribution in [0.1, 0.15) is 17.2 Å². The summed E-state index contributed by atoms with van der Waals surface area (Å²) in [7, 11) is 4.58. The molecular formula is C14H16O5. The monoisotopic (exact) mass is 264 g/mol. The fraction of sp³-hybridized carbons (Fsp3) is 0.286. The summed E-state index contributed by atoms with van der Waals surface area (Å²) < 4.78 is 20.8. The van der Waals surface area contributed by atoms with Gasteiger partial charge in [0.1, 0.15) is 6.10 Å². The van der Waals surface area contributed by atoms with Gasteiger partial charge in [-0.25, -0.2) is 0 Å². The van der Waals surface area contributed by atoms with Crippen molar-refractivity contribution in [3.63, 3.8) is 0 Å². The van der Waals surface area contributed by atoms with Gasteiger partial charge in [0, 0.05) is 11.1 Å². The first-order chi connectivity index (χ1) is 9.22. The number of hydrogen-bond donors (Lipinski definition) is 1. The fourth-order valence-electron chi connectivity index (χ4n) is 1.95. The summed E-state index contributed by atoms with van der Waals surface area (Å²) in [5.74, 6) is 1.43. The first kappa shape index (κ1) is 13.3. The molecule has 1 heterocycles. The van der Waals surface area contributed by atoms with Crippen molar-refractivity contribution in [2.75, 3.05) is 21.3 Å². The lowest BCUT2D eigenvalue weighted by Crippen LogP contribution is -2.04. The van der Waals surface area contributed by atoms with E-state index in [1.165, 1.54) is 26.7 Å². The first-order valence-electron chi connectivity index (χ1n) is 5.72. The van der Waals surface area contributed by atoms with Gasteiger partial charge in [-0.2, -0.15) is 0 Å². The van der Waals surface area contributed by atoms with Crippen LogP contribution in [0.2, 0.25) is 0 Å². The van der Waals surface area contributed by atoms with Gasteiger partial charge in [0.05, 0.1) is 33.9 Å². The zero-order chi connectivity index (χ0) is 13.8. The Morgan fingerprint density at radius 1 is 1.00 bits per heavy atom. The average Bonchev–Trinajstić information content (AvgIpc) is 2.98. The van der Waals surface area contributed by atoms with E-state index in [2.05, 4.69) is 0 Å². The standard InChI is InChI=1S/C14H16O5/c1-16-11-5-4-10(13(17-2)14(11)18-3)12(15)9-6-7-19-8-9/h4-8,12,15H,1-3H3. The highest BCUT2D eigenvalue weighted by molar-refractivity contribution is 5.57. The summed E-state index contributed by atoms with van der Waals surface area (Å²) in [6.45, 7) is 0. The number of aliphatic hydroxyl groups is 1. The van der Waals surface area contributed by atoms with E-state index in [1.807, 2.05) is 0 Å². The molecule has 0 aliphatic heterocycles. The molecule has 2 aromatic rings. The minimum Gasteiger partial charge on any atom is -0.493 e. The lowest BCUT2D eigenvalue weighted by Gasteiger charge is -2.18. The molecule has 0 amide bonds. The van der Waals surface area contributed by atoms with Gasteiger partial charge in [0.15, 0.2) is 11.5 Å². The number of aliphatic hydroxyl groups excluding tert-OH is 1. The van der Waals surface area contributed by atoms with Crippen LogP contribution in [-0.2, 0) is 0 Å². The lowest BCUT2D eigenvalue weighted by molar-refractivity contribution is 0.211. The summed E-state index contributed by atoms with van der Waals surface area (Å²) in [5, 5.41) is 10.3. The third-order valence-electron chi connectivity index (χ3n) is 2.89. The Kier molecular flexibility index (Phi) is 3.97. The quantitative estimate of drug-likeness (QED) is 0.898. The number of benzene rings is 1. The molecule has 0 saturated heterocycles. The van der Waals surface area contributed by atoms with Crippen molar-refractivity contribution >= 4 is 0 Å². The average molecular weight is 264 g/mol. The summed E-state index contributed by atoms with van der Waals surface area (Å²) in [5.41, 5.74) is 1.23. The maximum atomic E-state index is 10.3. The van der Waals surface area contributed by atoms with Crippen molar-refractivity contribution in [2.24, 2.45) is 0 Å². The zero-order valence-electron chi connectivity index (χ0n) is 11.0. The second-order valence-corrected chi connectivity index (χ2v) is 3.88. The molecule has 1 aromatic carbocycles. The highest BCUT2D eigenvalue weighted by atomic mass is 16.5. The zero-order valence-corrected chi connectivity index (χ0v) is 11.0. The highest BCUT2D eigenvalue weighted by Crippen LogP contribution is 2.43. The van der Waals surface area contributed by atoms with Crippen LogP contribution in [0.25, 0.3) is 0 Å². The van der Waals surface area contributed by atoms with E-state index in [9.17, 15) is 5.11 Å². The second kappa shape index (κ2) is 5.67. The molecule has 0 spiro atoms. The molecule has 0 bridgehead atoms. The van der Waals surface area contributed by atoms with E-state index in [0.717, 1.165) is 0 Å². The maximum Gasteiger partial charge on any atom is 0.203 e. The third kappa shape index (κ3) is 2.37. The van der Waals surface area contributed by atoms with Crippen molar-refractivity contribution in [2.45, 2.75) is 6.10 Å². The predicted octanol–water partition coefficient (Wildman–Crippen LogP) is 2.39. The molecule has 1 N–H and O–H groups in total. The molecule has 1 atom stereocenters. The molecule has 1 unspecified atom stereocenters. The molecule has 19 heavy (non-hydrogen) atoms. The minimum absolute atomic E-state index is 0.440. The molecule has 5 heteroatoms. The summed E-state index contributed by atoms with van der Waals surface area (Å²) in [4.78, 5) is 0. The normalized spacial score (nSPS) is 12.0. The molecule has 0 fully saturated rings. The van der Waals surface area contributed by atoms with Gasteiger partial charge in [0.2, 0.25) is 5.75 Å². The largest absolute Gasteiger partial charge is 0.493 e. The smallest absolute Gasteiger partial charge is 0.203 e. The van der Waals surface area contributed by atoms with Crippen molar-refractivity contribution in [3.8, 4) is 17.2 Å². The summed E-state index contributed by atoms with van der Waals surface area (Å²) in [6, 6.07) is 5.15. The van der Waals surface area contributed by atoms with Gasteiger partial charge in [-0.05, 0) is 18.2 Å². The molecule has 2 rings (SSSR count). The van der Waals surface area contributed by atoms with Crippen LogP contribution in [-0.4, -0.2) is 26.4 Å². The van der Waals surface area contributed by atoms with Crippen LogP contribution < -0.4 is 14.2 Å². The molecule has 0 aliphatic rings. The van der Waals surface area contributed by atoms with Gasteiger partial charge in [-0.1, -0.05) is 0 Å². The van der Waals surface area contributed by atoms with Crippen LogP contribution in [0.15, 0.2) is 35.1 Å². The van der Waals surface area contributed by atoms with Crippen molar-refractivity contribution in [3.05, 3.63) is 41.9 Å². The van der Waals surface area contributed by atoms with Crippen molar-refractivity contribution < 1.29 is 23.7 Å². The maximum absolute atomic E-state index is 10.3. The molecule has 0 aliphatic carbocycles. The number of furan rings is 1. The Morgan fingerprint density at radius 3 is 2.26 bits per heavy atom. The van der Waals surface area contributed by atoms with E-state index >= 15 is 0 Å². The van der Waals surface area contributed by atoms with Gasteiger partial charge < -0.3 is 23.7 Å². The van der Waals surface area contributed by atoms with E-state index < -0.39 is 6.10 Å². The highest BCUT2D eigenvalue weighted by Gasteiger charge is 2.22. The SMILES string of the molecule is COc1ccc(C(O)c2ccoc2)c(OC)c1OC. The molecule has 5 nitrogen and oxygen atoms in total. The van der Waals surface area contributed by atoms with Crippen LogP contribution in [0.5, 0.6) is 17.2 Å².